The molecule has 0 aliphatic carbocycles. The summed E-state index contributed by atoms with van der Waals surface area (Å²) in [7, 11) is -7.02. The van der Waals surface area contributed by atoms with Crippen molar-refractivity contribution in [3.8, 4) is 0 Å². The molecule has 2 aromatic carbocycles. The lowest BCUT2D eigenvalue weighted by atomic mass is 10.0. The molecule has 0 spiro atoms. The molecule has 136 valence electrons. The summed E-state index contributed by atoms with van der Waals surface area (Å²) in [6, 6.07) is 12.4. The van der Waals surface area contributed by atoms with Crippen LogP contribution in [0.2, 0.25) is 0 Å². The number of nitrogens with one attached hydrogen (secondary N) is 1. The summed E-state index contributed by atoms with van der Waals surface area (Å²) in [5.41, 5.74) is 1.42. The molecule has 0 aliphatic rings. The lowest BCUT2D eigenvalue weighted by Gasteiger charge is -2.10. The lowest BCUT2D eigenvalue weighted by Crippen LogP contribution is -2.13. The number of anilines is 1. The Bertz CT molecular complexity index is 914. The standard InChI is InChI=1S/C18H23NO4S2/c1-14(2)4-5-15-6-10-18(11-7-15)25(22,23)19-16-8-12-17(13-9-16)24(3,20)21/h6-14,19H,4-5H2,1-3H3. The van der Waals surface area contributed by atoms with E-state index < -0.39 is 19.9 Å². The van der Waals surface area contributed by atoms with Gasteiger partial charge in [0.2, 0.25) is 0 Å². The summed E-state index contributed by atoms with van der Waals surface area (Å²) in [6.07, 6.45) is 3.07. The highest BCUT2D eigenvalue weighted by Gasteiger charge is 2.15. The molecule has 0 aromatic heterocycles. The van der Waals surface area contributed by atoms with E-state index in [9.17, 15) is 16.8 Å². The Balaban J connectivity index is 2.13. The summed E-state index contributed by atoms with van der Waals surface area (Å²) in [5.74, 6) is 0.597. The topological polar surface area (TPSA) is 80.3 Å². The van der Waals surface area contributed by atoms with Crippen molar-refractivity contribution in [3.05, 3.63) is 54.1 Å². The van der Waals surface area contributed by atoms with Crippen LogP contribution in [0, 0.1) is 5.92 Å². The van der Waals surface area contributed by atoms with E-state index in [1.807, 2.05) is 12.1 Å². The maximum atomic E-state index is 12.4. The molecule has 7 heteroatoms. The van der Waals surface area contributed by atoms with Crippen molar-refractivity contribution >= 4 is 25.5 Å². The van der Waals surface area contributed by atoms with Gasteiger partial charge in [-0.15, -0.1) is 0 Å². The van der Waals surface area contributed by atoms with E-state index >= 15 is 0 Å². The Labute approximate surface area is 150 Å². The highest BCUT2D eigenvalue weighted by atomic mass is 32.2. The molecule has 2 aromatic rings. The molecule has 5 nitrogen and oxygen atoms in total. The first-order valence-electron chi connectivity index (χ1n) is 8.00. The van der Waals surface area contributed by atoms with Gasteiger partial charge in [0.05, 0.1) is 9.79 Å². The van der Waals surface area contributed by atoms with Crippen molar-refractivity contribution in [2.75, 3.05) is 11.0 Å². The summed E-state index contributed by atoms with van der Waals surface area (Å²) in [4.78, 5) is 0.318. The predicted molar refractivity (Wildman–Crippen MR) is 100.0 cm³/mol. The molecule has 0 fully saturated rings. The van der Waals surface area contributed by atoms with E-state index in [4.69, 9.17) is 0 Å². The number of hydrogen-bond donors (Lipinski definition) is 1. The first-order chi connectivity index (χ1) is 11.6. The van der Waals surface area contributed by atoms with Crippen LogP contribution < -0.4 is 4.72 Å². The molecule has 0 saturated carbocycles. The van der Waals surface area contributed by atoms with Crippen LogP contribution in [-0.2, 0) is 26.3 Å². The first-order valence-corrected chi connectivity index (χ1v) is 11.4. The van der Waals surface area contributed by atoms with Crippen LogP contribution in [0.15, 0.2) is 58.3 Å². The van der Waals surface area contributed by atoms with Gasteiger partial charge in [0.15, 0.2) is 9.84 Å². The van der Waals surface area contributed by atoms with Crippen molar-refractivity contribution < 1.29 is 16.8 Å². The normalized spacial score (nSPS) is 12.3. The molecule has 0 atom stereocenters. The van der Waals surface area contributed by atoms with Crippen molar-refractivity contribution in [1.29, 1.82) is 0 Å². The van der Waals surface area contributed by atoms with E-state index in [0.717, 1.165) is 24.7 Å². The fraction of sp³-hybridized carbons (Fsp3) is 0.333. The van der Waals surface area contributed by atoms with Crippen molar-refractivity contribution in [2.45, 2.75) is 36.5 Å². The maximum absolute atomic E-state index is 12.4. The summed E-state index contributed by atoms with van der Waals surface area (Å²) in [6.45, 7) is 4.30. The Hall–Kier alpha value is -1.86. The Morgan fingerprint density at radius 1 is 0.840 bits per heavy atom. The van der Waals surface area contributed by atoms with Crippen molar-refractivity contribution in [1.82, 2.24) is 0 Å². The van der Waals surface area contributed by atoms with Gasteiger partial charge in [-0.25, -0.2) is 16.8 Å². The van der Waals surface area contributed by atoms with Gasteiger partial charge in [0.25, 0.3) is 10.0 Å². The lowest BCUT2D eigenvalue weighted by molar-refractivity contribution is 0.586. The van der Waals surface area contributed by atoms with Crippen LogP contribution >= 0.6 is 0 Å². The second kappa shape index (κ2) is 7.58. The smallest absolute Gasteiger partial charge is 0.261 e. The van der Waals surface area contributed by atoms with Crippen molar-refractivity contribution in [2.24, 2.45) is 5.92 Å². The fourth-order valence-corrected chi connectivity index (χ4v) is 3.96. The SMILES string of the molecule is CC(C)CCc1ccc(S(=O)(=O)Nc2ccc(S(C)(=O)=O)cc2)cc1. The number of benzene rings is 2. The number of sulfone groups is 1. The molecular weight excluding hydrogens is 358 g/mol. The average Bonchev–Trinajstić information content (AvgIpc) is 2.52. The van der Waals surface area contributed by atoms with Crippen LogP contribution in [0.4, 0.5) is 5.69 Å². The summed E-state index contributed by atoms with van der Waals surface area (Å²) in [5, 5.41) is 0. The van der Waals surface area contributed by atoms with Crippen LogP contribution in [0.25, 0.3) is 0 Å². The van der Waals surface area contributed by atoms with E-state index in [-0.39, 0.29) is 9.79 Å². The maximum Gasteiger partial charge on any atom is 0.261 e. The molecule has 0 saturated heterocycles. The number of rotatable bonds is 7. The predicted octanol–water partition coefficient (Wildman–Crippen LogP) is 3.48. The van der Waals surface area contributed by atoms with Crippen molar-refractivity contribution in [3.63, 3.8) is 0 Å². The molecule has 0 bridgehead atoms. The summed E-state index contributed by atoms with van der Waals surface area (Å²) >= 11 is 0. The zero-order chi connectivity index (χ0) is 18.7. The van der Waals surface area contributed by atoms with Gasteiger partial charge in [0, 0.05) is 11.9 Å². The molecular formula is C18H23NO4S2. The van der Waals surface area contributed by atoms with Crippen LogP contribution in [0.1, 0.15) is 25.8 Å². The molecule has 0 aliphatic heterocycles. The van der Waals surface area contributed by atoms with Gasteiger partial charge < -0.3 is 0 Å². The Morgan fingerprint density at radius 2 is 1.36 bits per heavy atom. The zero-order valence-electron chi connectivity index (χ0n) is 14.6. The molecule has 0 unspecified atom stereocenters. The van der Waals surface area contributed by atoms with E-state index in [1.165, 1.54) is 24.3 Å². The van der Waals surface area contributed by atoms with E-state index in [0.29, 0.717) is 11.6 Å². The van der Waals surface area contributed by atoms with Crippen LogP contribution in [0.3, 0.4) is 0 Å². The van der Waals surface area contributed by atoms with Crippen LogP contribution in [-0.4, -0.2) is 23.1 Å². The molecule has 0 amide bonds. The summed E-state index contributed by atoms with van der Waals surface area (Å²) < 4.78 is 50.2. The molecule has 1 N–H and O–H groups in total. The third kappa shape index (κ3) is 5.57. The number of hydrogen-bond acceptors (Lipinski definition) is 4. The van der Waals surface area contributed by atoms with Gasteiger partial charge in [-0.2, -0.15) is 0 Å². The second-order valence-electron chi connectivity index (χ2n) is 6.48. The Morgan fingerprint density at radius 3 is 1.84 bits per heavy atom. The van der Waals surface area contributed by atoms with E-state index in [2.05, 4.69) is 18.6 Å². The minimum Gasteiger partial charge on any atom is -0.280 e. The largest absolute Gasteiger partial charge is 0.280 e. The monoisotopic (exact) mass is 381 g/mol. The number of sulfonamides is 1. The Kier molecular flexibility index (Phi) is 5.90. The average molecular weight is 382 g/mol. The third-order valence-corrected chi connectivity index (χ3v) is 6.30. The van der Waals surface area contributed by atoms with Gasteiger partial charge in [-0.3, -0.25) is 4.72 Å². The minimum atomic E-state index is -3.71. The molecule has 0 radical (unpaired) electrons. The second-order valence-corrected chi connectivity index (χ2v) is 10.2. The van der Waals surface area contributed by atoms with Crippen LogP contribution in [0.5, 0.6) is 0 Å². The third-order valence-electron chi connectivity index (χ3n) is 3.78. The highest BCUT2D eigenvalue weighted by molar-refractivity contribution is 7.92. The van der Waals surface area contributed by atoms with E-state index in [1.54, 1.807) is 12.1 Å². The van der Waals surface area contributed by atoms with Gasteiger partial charge in [-0.05, 0) is 60.7 Å². The molecule has 2 rings (SSSR count). The quantitative estimate of drug-likeness (QED) is 0.796. The highest BCUT2D eigenvalue weighted by Crippen LogP contribution is 2.19. The number of aryl methyl sites for hydroxylation is 1. The molecule has 0 heterocycles. The first kappa shape index (κ1) is 19.5. The van der Waals surface area contributed by atoms with Gasteiger partial charge >= 0.3 is 0 Å². The minimum absolute atomic E-state index is 0.143. The fourth-order valence-electron chi connectivity index (χ4n) is 2.27. The molecule has 25 heavy (non-hydrogen) atoms. The van der Waals surface area contributed by atoms with Gasteiger partial charge in [0.1, 0.15) is 0 Å². The van der Waals surface area contributed by atoms with Gasteiger partial charge in [-0.1, -0.05) is 26.0 Å². The zero-order valence-corrected chi connectivity index (χ0v) is 16.2.